The number of nitrogens with one attached hydrogen (secondary N) is 1. The van der Waals surface area contributed by atoms with Crippen molar-refractivity contribution < 1.29 is 14.1 Å². The van der Waals surface area contributed by atoms with Gasteiger partial charge in [0.05, 0.1) is 11.0 Å². The van der Waals surface area contributed by atoms with E-state index in [1.807, 2.05) is 0 Å². The highest BCUT2D eigenvalue weighted by molar-refractivity contribution is 5.77. The molecule has 0 aromatic heterocycles. The summed E-state index contributed by atoms with van der Waals surface area (Å²) in [6.45, 7) is 0. The van der Waals surface area contributed by atoms with Crippen LogP contribution in [0.1, 0.15) is 0 Å². The van der Waals surface area contributed by atoms with Crippen LogP contribution >= 0.6 is 0 Å². The number of nitro benzene ring substituents is 1. The summed E-state index contributed by atoms with van der Waals surface area (Å²) >= 11 is 0. The molecule has 68 valence electrons. The van der Waals surface area contributed by atoms with Gasteiger partial charge in [-0.15, -0.1) is 0 Å². The van der Waals surface area contributed by atoms with Gasteiger partial charge in [0, 0.05) is 0 Å². The third-order valence-electron chi connectivity index (χ3n) is 1.37. The molecule has 1 aromatic rings. The minimum atomic E-state index is -0.769. The van der Waals surface area contributed by atoms with E-state index in [9.17, 15) is 19.3 Å². The lowest BCUT2D eigenvalue weighted by atomic mass is 10.2. The van der Waals surface area contributed by atoms with Crippen LogP contribution in [0, 0.1) is 15.9 Å². The maximum atomic E-state index is 12.5. The fourth-order valence-corrected chi connectivity index (χ4v) is 0.841. The predicted octanol–water partition coefficient (Wildman–Crippen LogP) is 1.30. The van der Waals surface area contributed by atoms with Crippen molar-refractivity contribution >= 4 is 17.8 Å². The highest BCUT2D eigenvalue weighted by atomic mass is 19.1. The van der Waals surface area contributed by atoms with Gasteiger partial charge in [0.1, 0.15) is 11.5 Å². The Morgan fingerprint density at radius 3 is 2.77 bits per heavy atom. The van der Waals surface area contributed by atoms with Crippen LogP contribution in [0.25, 0.3) is 0 Å². The lowest BCUT2D eigenvalue weighted by molar-refractivity contribution is -0.384. The summed E-state index contributed by atoms with van der Waals surface area (Å²) in [5.74, 6) is -0.719. The summed E-state index contributed by atoms with van der Waals surface area (Å²) in [5.41, 5.74) is -0.492. The minimum Gasteiger partial charge on any atom is -0.323 e. The fraction of sp³-hybridized carbons (Fsp3) is 0. The monoisotopic (exact) mass is 184 g/mol. The zero-order valence-electron chi connectivity index (χ0n) is 6.36. The van der Waals surface area contributed by atoms with Crippen LogP contribution in [-0.4, -0.2) is 11.3 Å². The molecule has 0 heterocycles. The van der Waals surface area contributed by atoms with Crippen molar-refractivity contribution in [2.45, 2.75) is 0 Å². The number of halogens is 1. The van der Waals surface area contributed by atoms with E-state index in [0.29, 0.717) is 6.41 Å². The van der Waals surface area contributed by atoms with Crippen molar-refractivity contribution in [3.8, 4) is 0 Å². The van der Waals surface area contributed by atoms with Gasteiger partial charge in [0.2, 0.25) is 6.41 Å². The normalized spacial score (nSPS) is 9.31. The van der Waals surface area contributed by atoms with Crippen molar-refractivity contribution in [3.05, 3.63) is 34.1 Å². The second kappa shape index (κ2) is 3.61. The molecule has 13 heavy (non-hydrogen) atoms. The topological polar surface area (TPSA) is 72.2 Å². The standard InChI is InChI=1S/C7H5FN2O3/c8-5-1-2-6(9-4-11)7(3-5)10(12)13/h1-4H,(H,9,11). The molecular weight excluding hydrogens is 179 g/mol. The van der Waals surface area contributed by atoms with E-state index in [-0.39, 0.29) is 5.69 Å². The maximum absolute atomic E-state index is 12.5. The quantitative estimate of drug-likeness (QED) is 0.437. The van der Waals surface area contributed by atoms with Crippen LogP contribution in [0.4, 0.5) is 15.8 Å². The number of anilines is 1. The van der Waals surface area contributed by atoms with Gasteiger partial charge in [-0.05, 0) is 12.1 Å². The third kappa shape index (κ3) is 1.98. The Hall–Kier alpha value is -1.98. The van der Waals surface area contributed by atoms with Crippen molar-refractivity contribution in [2.75, 3.05) is 5.32 Å². The number of nitrogens with zero attached hydrogens (tertiary/aromatic N) is 1. The Bertz CT molecular complexity index is 354. The lowest BCUT2D eigenvalue weighted by Gasteiger charge is -1.99. The average Bonchev–Trinajstić information content (AvgIpc) is 2.08. The number of carbonyl (C=O) groups is 1. The largest absolute Gasteiger partial charge is 0.323 e. The Balaban J connectivity index is 3.17. The summed E-state index contributed by atoms with van der Waals surface area (Å²) in [7, 11) is 0. The van der Waals surface area contributed by atoms with Gasteiger partial charge >= 0.3 is 0 Å². The minimum absolute atomic E-state index is 0.0265. The molecular formula is C7H5FN2O3. The van der Waals surface area contributed by atoms with E-state index in [1.54, 1.807) is 0 Å². The molecule has 0 spiro atoms. The Morgan fingerprint density at radius 1 is 1.54 bits per heavy atom. The molecule has 0 aliphatic carbocycles. The first-order valence-corrected chi connectivity index (χ1v) is 3.29. The van der Waals surface area contributed by atoms with Gasteiger partial charge in [-0.25, -0.2) is 4.39 Å². The molecule has 6 heteroatoms. The molecule has 0 saturated carbocycles. The molecule has 0 aliphatic heterocycles. The van der Waals surface area contributed by atoms with Gasteiger partial charge in [-0.2, -0.15) is 0 Å². The first-order valence-electron chi connectivity index (χ1n) is 3.29. The molecule has 0 fully saturated rings. The van der Waals surface area contributed by atoms with Crippen LogP contribution in [0.2, 0.25) is 0 Å². The summed E-state index contributed by atoms with van der Waals surface area (Å²) in [6, 6.07) is 2.90. The van der Waals surface area contributed by atoms with Crippen molar-refractivity contribution in [2.24, 2.45) is 0 Å². The van der Waals surface area contributed by atoms with Crippen molar-refractivity contribution in [1.82, 2.24) is 0 Å². The number of nitro groups is 1. The van der Waals surface area contributed by atoms with E-state index in [0.717, 1.165) is 18.2 Å². The van der Waals surface area contributed by atoms with Gasteiger partial charge in [-0.3, -0.25) is 14.9 Å². The van der Waals surface area contributed by atoms with E-state index in [1.165, 1.54) is 0 Å². The summed E-state index contributed by atoms with van der Waals surface area (Å²) in [5, 5.41) is 12.4. The van der Waals surface area contributed by atoms with Crippen molar-refractivity contribution in [3.63, 3.8) is 0 Å². The van der Waals surface area contributed by atoms with Gasteiger partial charge in [-0.1, -0.05) is 0 Å². The summed E-state index contributed by atoms with van der Waals surface area (Å²) < 4.78 is 12.5. The fourth-order valence-electron chi connectivity index (χ4n) is 0.841. The number of amides is 1. The predicted molar refractivity (Wildman–Crippen MR) is 42.7 cm³/mol. The number of carbonyl (C=O) groups excluding carboxylic acids is 1. The van der Waals surface area contributed by atoms with Gasteiger partial charge in [0.15, 0.2) is 0 Å². The van der Waals surface area contributed by atoms with Crippen LogP contribution in [-0.2, 0) is 4.79 Å². The van der Waals surface area contributed by atoms with Crippen LogP contribution in [0.15, 0.2) is 18.2 Å². The maximum Gasteiger partial charge on any atom is 0.295 e. The zero-order chi connectivity index (χ0) is 9.84. The number of hydrogen-bond acceptors (Lipinski definition) is 3. The SMILES string of the molecule is O=CNc1ccc(F)cc1[N+](=O)[O-]. The van der Waals surface area contributed by atoms with Crippen LogP contribution < -0.4 is 5.32 Å². The highest BCUT2D eigenvalue weighted by Crippen LogP contribution is 2.23. The smallest absolute Gasteiger partial charge is 0.295 e. The van der Waals surface area contributed by atoms with Crippen molar-refractivity contribution in [1.29, 1.82) is 0 Å². The Labute approximate surface area is 72.3 Å². The highest BCUT2D eigenvalue weighted by Gasteiger charge is 2.13. The van der Waals surface area contributed by atoms with E-state index >= 15 is 0 Å². The lowest BCUT2D eigenvalue weighted by Crippen LogP contribution is -1.99. The van der Waals surface area contributed by atoms with E-state index in [4.69, 9.17) is 0 Å². The van der Waals surface area contributed by atoms with Gasteiger partial charge < -0.3 is 5.32 Å². The second-order valence-electron chi connectivity index (χ2n) is 2.18. The molecule has 5 nitrogen and oxygen atoms in total. The Morgan fingerprint density at radius 2 is 2.23 bits per heavy atom. The van der Waals surface area contributed by atoms with E-state index in [2.05, 4.69) is 5.32 Å². The first-order chi connectivity index (χ1) is 6.15. The molecule has 0 saturated heterocycles. The van der Waals surface area contributed by atoms with Gasteiger partial charge in [0.25, 0.3) is 5.69 Å². The average molecular weight is 184 g/mol. The first kappa shape index (κ1) is 9.11. The molecule has 1 aromatic carbocycles. The molecule has 0 unspecified atom stereocenters. The van der Waals surface area contributed by atoms with E-state index < -0.39 is 16.4 Å². The van der Waals surface area contributed by atoms with Crippen LogP contribution in [0.3, 0.4) is 0 Å². The molecule has 0 radical (unpaired) electrons. The Kier molecular flexibility index (Phi) is 2.53. The zero-order valence-corrected chi connectivity index (χ0v) is 6.36. The summed E-state index contributed by atoms with van der Waals surface area (Å²) in [6.07, 6.45) is 0.292. The molecule has 1 rings (SSSR count). The molecule has 0 bridgehead atoms. The number of rotatable bonds is 3. The molecule has 1 amide bonds. The molecule has 0 aliphatic rings. The number of hydrogen-bond donors (Lipinski definition) is 1. The van der Waals surface area contributed by atoms with Crippen LogP contribution in [0.5, 0.6) is 0 Å². The summed E-state index contributed by atoms with van der Waals surface area (Å²) in [4.78, 5) is 19.6. The third-order valence-corrected chi connectivity index (χ3v) is 1.37. The second-order valence-corrected chi connectivity index (χ2v) is 2.18. The molecule has 1 N–H and O–H groups in total. The molecule has 0 atom stereocenters. The number of benzene rings is 1.